The summed E-state index contributed by atoms with van der Waals surface area (Å²) in [5.41, 5.74) is 1.24. The fourth-order valence-electron chi connectivity index (χ4n) is 1.82. The Morgan fingerprint density at radius 3 is 2.76 bits per heavy atom. The minimum Gasteiger partial charge on any atom is -0.383 e. The van der Waals surface area contributed by atoms with Crippen molar-refractivity contribution < 1.29 is 4.74 Å². The molecule has 0 aromatic heterocycles. The van der Waals surface area contributed by atoms with Gasteiger partial charge in [-0.2, -0.15) is 0 Å². The zero-order valence-electron chi connectivity index (χ0n) is 10.7. The molecule has 0 radical (unpaired) electrons. The van der Waals surface area contributed by atoms with Crippen LogP contribution in [0.4, 0.5) is 0 Å². The number of rotatable bonds is 8. The third kappa shape index (κ3) is 5.53. The van der Waals surface area contributed by atoms with Gasteiger partial charge in [0, 0.05) is 18.7 Å². The van der Waals surface area contributed by atoms with Crippen LogP contribution in [0.25, 0.3) is 0 Å². The Kier molecular flexibility index (Phi) is 7.25. The normalized spacial score (nSPS) is 12.6. The molecule has 96 valence electrons. The summed E-state index contributed by atoms with van der Waals surface area (Å²) in [6.07, 6.45) is 2.20. The fourth-order valence-corrected chi connectivity index (χ4v) is 2.03. The van der Waals surface area contributed by atoms with E-state index in [1.54, 1.807) is 7.11 Å². The Labute approximate surface area is 109 Å². The molecule has 1 aromatic carbocycles. The Morgan fingerprint density at radius 2 is 2.12 bits per heavy atom. The molecule has 0 heterocycles. The van der Waals surface area contributed by atoms with Gasteiger partial charge in [-0.25, -0.2) is 0 Å². The van der Waals surface area contributed by atoms with Crippen molar-refractivity contribution in [1.29, 1.82) is 0 Å². The summed E-state index contributed by atoms with van der Waals surface area (Å²) in [4.78, 5) is 0. The van der Waals surface area contributed by atoms with Crippen molar-refractivity contribution >= 4 is 11.6 Å². The van der Waals surface area contributed by atoms with Gasteiger partial charge >= 0.3 is 0 Å². The summed E-state index contributed by atoms with van der Waals surface area (Å²) in [7, 11) is 1.72. The maximum absolute atomic E-state index is 6.17. The van der Waals surface area contributed by atoms with Crippen LogP contribution >= 0.6 is 11.6 Å². The third-order valence-electron chi connectivity index (χ3n) is 2.96. The summed E-state index contributed by atoms with van der Waals surface area (Å²) in [5.74, 6) is 0.631. The SMILES string of the molecule is CCC(CNCCOC)Cc1ccccc1Cl. The summed E-state index contributed by atoms with van der Waals surface area (Å²) in [6.45, 7) is 4.92. The Bertz CT molecular complexity index is 317. The molecule has 1 aromatic rings. The van der Waals surface area contributed by atoms with E-state index in [9.17, 15) is 0 Å². The van der Waals surface area contributed by atoms with Crippen molar-refractivity contribution in [3.63, 3.8) is 0 Å². The van der Waals surface area contributed by atoms with Crippen molar-refractivity contribution in [1.82, 2.24) is 5.32 Å². The summed E-state index contributed by atoms with van der Waals surface area (Å²) >= 11 is 6.17. The molecule has 0 bridgehead atoms. The van der Waals surface area contributed by atoms with Crippen LogP contribution < -0.4 is 5.32 Å². The van der Waals surface area contributed by atoms with Crippen LogP contribution in [-0.2, 0) is 11.2 Å². The molecule has 0 aliphatic heterocycles. The lowest BCUT2D eigenvalue weighted by atomic mass is 9.97. The van der Waals surface area contributed by atoms with Crippen LogP contribution in [0.1, 0.15) is 18.9 Å². The van der Waals surface area contributed by atoms with Gasteiger partial charge in [0.2, 0.25) is 0 Å². The minimum atomic E-state index is 0.631. The molecule has 17 heavy (non-hydrogen) atoms. The molecule has 1 unspecified atom stereocenters. The summed E-state index contributed by atoms with van der Waals surface area (Å²) in [6, 6.07) is 8.10. The molecule has 1 rings (SSSR count). The van der Waals surface area contributed by atoms with Crippen molar-refractivity contribution in [2.75, 3.05) is 26.8 Å². The second-order valence-electron chi connectivity index (χ2n) is 4.27. The van der Waals surface area contributed by atoms with E-state index in [1.165, 1.54) is 5.56 Å². The first-order chi connectivity index (χ1) is 8.27. The highest BCUT2D eigenvalue weighted by Gasteiger charge is 2.09. The van der Waals surface area contributed by atoms with E-state index < -0.39 is 0 Å². The van der Waals surface area contributed by atoms with E-state index in [0.717, 1.165) is 37.6 Å². The second kappa shape index (κ2) is 8.51. The number of nitrogens with one attached hydrogen (secondary N) is 1. The van der Waals surface area contributed by atoms with Crippen molar-refractivity contribution in [2.45, 2.75) is 19.8 Å². The molecule has 1 atom stereocenters. The van der Waals surface area contributed by atoms with Crippen LogP contribution in [-0.4, -0.2) is 26.8 Å². The number of benzene rings is 1. The highest BCUT2D eigenvalue weighted by atomic mass is 35.5. The Hall–Kier alpha value is -0.570. The lowest BCUT2D eigenvalue weighted by Crippen LogP contribution is -2.27. The van der Waals surface area contributed by atoms with Crippen LogP contribution in [0, 0.1) is 5.92 Å². The Morgan fingerprint density at radius 1 is 1.35 bits per heavy atom. The van der Waals surface area contributed by atoms with Crippen LogP contribution in [0.3, 0.4) is 0 Å². The standard InChI is InChI=1S/C14H22ClNO/c1-3-12(11-16-8-9-17-2)10-13-6-4-5-7-14(13)15/h4-7,12,16H,3,8-11H2,1-2H3. The van der Waals surface area contributed by atoms with E-state index >= 15 is 0 Å². The zero-order valence-corrected chi connectivity index (χ0v) is 11.5. The predicted octanol–water partition coefficient (Wildman–Crippen LogP) is 3.14. The maximum Gasteiger partial charge on any atom is 0.0587 e. The zero-order chi connectivity index (χ0) is 12.5. The lowest BCUT2D eigenvalue weighted by molar-refractivity contribution is 0.197. The van der Waals surface area contributed by atoms with Gasteiger partial charge < -0.3 is 10.1 Å². The first-order valence-electron chi connectivity index (χ1n) is 6.21. The molecule has 2 nitrogen and oxygen atoms in total. The van der Waals surface area contributed by atoms with Crippen molar-refractivity contribution in [3.8, 4) is 0 Å². The molecular weight excluding hydrogens is 234 g/mol. The molecule has 0 saturated carbocycles. The van der Waals surface area contributed by atoms with Gasteiger partial charge in [-0.15, -0.1) is 0 Å². The smallest absolute Gasteiger partial charge is 0.0587 e. The monoisotopic (exact) mass is 255 g/mol. The average molecular weight is 256 g/mol. The molecule has 0 amide bonds. The Balaban J connectivity index is 2.38. The molecule has 0 saturated heterocycles. The number of hydrogen-bond donors (Lipinski definition) is 1. The predicted molar refractivity (Wildman–Crippen MR) is 73.7 cm³/mol. The number of hydrogen-bond acceptors (Lipinski definition) is 2. The first-order valence-corrected chi connectivity index (χ1v) is 6.58. The van der Waals surface area contributed by atoms with E-state index in [2.05, 4.69) is 18.3 Å². The molecule has 0 fully saturated rings. The minimum absolute atomic E-state index is 0.631. The summed E-state index contributed by atoms with van der Waals surface area (Å²) < 4.78 is 5.01. The summed E-state index contributed by atoms with van der Waals surface area (Å²) in [5, 5.41) is 4.29. The molecule has 3 heteroatoms. The van der Waals surface area contributed by atoms with Gasteiger partial charge in [0.25, 0.3) is 0 Å². The molecular formula is C14H22ClNO. The molecule has 0 aliphatic carbocycles. The largest absolute Gasteiger partial charge is 0.383 e. The van der Waals surface area contributed by atoms with E-state index in [4.69, 9.17) is 16.3 Å². The number of ether oxygens (including phenoxy) is 1. The van der Waals surface area contributed by atoms with Gasteiger partial charge in [0.15, 0.2) is 0 Å². The third-order valence-corrected chi connectivity index (χ3v) is 3.33. The van der Waals surface area contributed by atoms with Crippen molar-refractivity contribution in [3.05, 3.63) is 34.9 Å². The topological polar surface area (TPSA) is 21.3 Å². The first kappa shape index (κ1) is 14.5. The van der Waals surface area contributed by atoms with E-state index in [1.807, 2.05) is 18.2 Å². The molecule has 0 spiro atoms. The molecule has 0 aliphatic rings. The second-order valence-corrected chi connectivity index (χ2v) is 4.67. The van der Waals surface area contributed by atoms with E-state index in [-0.39, 0.29) is 0 Å². The van der Waals surface area contributed by atoms with Crippen LogP contribution in [0.15, 0.2) is 24.3 Å². The molecule has 1 N–H and O–H groups in total. The average Bonchev–Trinajstić information content (AvgIpc) is 2.35. The van der Waals surface area contributed by atoms with Gasteiger partial charge in [-0.1, -0.05) is 43.1 Å². The highest BCUT2D eigenvalue weighted by Crippen LogP contribution is 2.19. The number of halogens is 1. The lowest BCUT2D eigenvalue weighted by Gasteiger charge is -2.16. The van der Waals surface area contributed by atoms with Gasteiger partial charge in [0.05, 0.1) is 6.61 Å². The highest BCUT2D eigenvalue weighted by molar-refractivity contribution is 6.31. The van der Waals surface area contributed by atoms with Gasteiger partial charge in [-0.05, 0) is 30.5 Å². The van der Waals surface area contributed by atoms with Crippen LogP contribution in [0.2, 0.25) is 5.02 Å². The van der Waals surface area contributed by atoms with Gasteiger partial charge in [0.1, 0.15) is 0 Å². The quantitative estimate of drug-likeness (QED) is 0.721. The van der Waals surface area contributed by atoms with Crippen LogP contribution in [0.5, 0.6) is 0 Å². The maximum atomic E-state index is 6.17. The van der Waals surface area contributed by atoms with Gasteiger partial charge in [-0.3, -0.25) is 0 Å². The number of methoxy groups -OCH3 is 1. The van der Waals surface area contributed by atoms with E-state index in [0.29, 0.717) is 5.92 Å². The van der Waals surface area contributed by atoms with Crippen molar-refractivity contribution in [2.24, 2.45) is 5.92 Å². The fraction of sp³-hybridized carbons (Fsp3) is 0.571.